The van der Waals surface area contributed by atoms with Crippen LogP contribution in [0, 0.1) is 0 Å². The summed E-state index contributed by atoms with van der Waals surface area (Å²) in [4.78, 5) is 33.4. The van der Waals surface area contributed by atoms with E-state index in [2.05, 4.69) is 18.8 Å². The van der Waals surface area contributed by atoms with Gasteiger partial charge in [0.1, 0.15) is 5.69 Å². The van der Waals surface area contributed by atoms with Gasteiger partial charge < -0.3 is 9.80 Å². The maximum atomic E-state index is 12.6. The molecule has 0 N–H and O–H groups in total. The van der Waals surface area contributed by atoms with E-state index in [1.165, 1.54) is 12.8 Å². The Morgan fingerprint density at radius 2 is 1.50 bits per heavy atom. The van der Waals surface area contributed by atoms with Crippen molar-refractivity contribution in [2.24, 2.45) is 0 Å². The van der Waals surface area contributed by atoms with Crippen molar-refractivity contribution in [3.05, 3.63) is 29.6 Å². The van der Waals surface area contributed by atoms with Gasteiger partial charge in [-0.2, -0.15) is 0 Å². The minimum Gasteiger partial charge on any atom is -0.336 e. The van der Waals surface area contributed by atoms with Crippen molar-refractivity contribution in [2.75, 3.05) is 13.1 Å². The minimum atomic E-state index is -0.0208. The summed E-state index contributed by atoms with van der Waals surface area (Å²) in [5.41, 5.74) is 1.01. The fourth-order valence-corrected chi connectivity index (χ4v) is 3.76. The Kier molecular flexibility index (Phi) is 5.17. The minimum absolute atomic E-state index is 0.0208. The molecule has 5 heteroatoms. The van der Waals surface area contributed by atoms with Crippen LogP contribution in [0.15, 0.2) is 18.3 Å². The Morgan fingerprint density at radius 3 is 2.00 bits per heavy atom. The van der Waals surface area contributed by atoms with Crippen LogP contribution >= 0.6 is 0 Å². The molecule has 2 atom stereocenters. The van der Waals surface area contributed by atoms with Gasteiger partial charge in [-0.15, -0.1) is 0 Å². The zero-order chi connectivity index (χ0) is 17.1. The summed E-state index contributed by atoms with van der Waals surface area (Å²) in [7, 11) is 0. The van der Waals surface area contributed by atoms with E-state index in [-0.39, 0.29) is 23.9 Å². The first-order valence-electron chi connectivity index (χ1n) is 9.16. The Morgan fingerprint density at radius 1 is 0.917 bits per heavy atom. The molecule has 0 aromatic carbocycles. The summed E-state index contributed by atoms with van der Waals surface area (Å²) in [6.45, 7) is 5.80. The van der Waals surface area contributed by atoms with Crippen LogP contribution in [0.5, 0.6) is 0 Å². The molecule has 24 heavy (non-hydrogen) atoms. The van der Waals surface area contributed by atoms with Crippen LogP contribution in [0.25, 0.3) is 0 Å². The molecule has 5 nitrogen and oxygen atoms in total. The normalized spacial score (nSPS) is 24.8. The van der Waals surface area contributed by atoms with Crippen molar-refractivity contribution in [2.45, 2.75) is 64.5 Å². The molecule has 1 aromatic rings. The molecule has 2 saturated heterocycles. The smallest absolute Gasteiger partial charge is 0.272 e. The van der Waals surface area contributed by atoms with Gasteiger partial charge in [-0.05, 0) is 64.5 Å². The lowest BCUT2D eigenvalue weighted by atomic mass is 10.0. The second-order valence-electron chi connectivity index (χ2n) is 7.12. The number of rotatable bonds is 2. The van der Waals surface area contributed by atoms with E-state index in [0.717, 1.165) is 38.8 Å². The first-order valence-corrected chi connectivity index (χ1v) is 9.16. The van der Waals surface area contributed by atoms with E-state index in [0.29, 0.717) is 11.3 Å². The molecule has 0 bridgehead atoms. The first-order chi connectivity index (χ1) is 11.6. The highest BCUT2D eigenvalue weighted by atomic mass is 16.2. The third-order valence-electron chi connectivity index (χ3n) is 5.36. The molecule has 2 unspecified atom stereocenters. The van der Waals surface area contributed by atoms with E-state index in [1.54, 1.807) is 18.3 Å². The van der Waals surface area contributed by atoms with Crippen LogP contribution in [0.4, 0.5) is 0 Å². The predicted octanol–water partition coefficient (Wildman–Crippen LogP) is 3.11. The third-order valence-corrected chi connectivity index (χ3v) is 5.36. The number of likely N-dealkylation sites (tertiary alicyclic amines) is 2. The number of nitrogens with zero attached hydrogens (tertiary/aromatic N) is 3. The lowest BCUT2D eigenvalue weighted by molar-refractivity contribution is 0.0618. The van der Waals surface area contributed by atoms with Gasteiger partial charge in [0, 0.05) is 31.4 Å². The van der Waals surface area contributed by atoms with E-state index < -0.39 is 0 Å². The molecule has 2 aliphatic heterocycles. The standard InChI is InChI=1S/C19H27N3O2/c1-14-7-3-5-11-21(14)18(23)16-9-10-17(20-13-16)19(24)22-12-6-4-8-15(22)2/h9-10,13-15H,3-8,11-12H2,1-2H3. The Hall–Kier alpha value is -1.91. The topological polar surface area (TPSA) is 53.5 Å². The largest absolute Gasteiger partial charge is 0.336 e. The summed E-state index contributed by atoms with van der Waals surface area (Å²) in [6.07, 6.45) is 8.15. The highest BCUT2D eigenvalue weighted by molar-refractivity contribution is 5.96. The van der Waals surface area contributed by atoms with Crippen LogP contribution in [-0.4, -0.2) is 51.8 Å². The molecule has 0 aliphatic carbocycles. The second-order valence-corrected chi connectivity index (χ2v) is 7.12. The molecule has 3 rings (SSSR count). The zero-order valence-corrected chi connectivity index (χ0v) is 14.7. The van der Waals surface area contributed by atoms with Crippen LogP contribution < -0.4 is 0 Å². The second kappa shape index (κ2) is 7.32. The van der Waals surface area contributed by atoms with Gasteiger partial charge in [0.05, 0.1) is 5.56 Å². The molecule has 3 heterocycles. The average molecular weight is 329 g/mol. The first kappa shape index (κ1) is 16.9. The highest BCUT2D eigenvalue weighted by Crippen LogP contribution is 2.21. The third kappa shape index (κ3) is 3.45. The van der Waals surface area contributed by atoms with Crippen LogP contribution in [0.2, 0.25) is 0 Å². The SMILES string of the molecule is CC1CCCCN1C(=O)c1ccc(C(=O)N2CCCCC2C)nc1. The Bertz CT molecular complexity index is 546. The van der Waals surface area contributed by atoms with Gasteiger partial charge in [-0.3, -0.25) is 14.6 Å². The van der Waals surface area contributed by atoms with Crippen molar-refractivity contribution >= 4 is 11.8 Å². The van der Waals surface area contributed by atoms with Gasteiger partial charge in [0.25, 0.3) is 11.8 Å². The lowest BCUT2D eigenvalue weighted by Gasteiger charge is -2.34. The average Bonchev–Trinajstić information content (AvgIpc) is 2.61. The summed E-state index contributed by atoms with van der Waals surface area (Å²) in [6, 6.07) is 4.00. The van der Waals surface area contributed by atoms with Crippen LogP contribution in [0.3, 0.4) is 0 Å². The number of amides is 2. The van der Waals surface area contributed by atoms with Crippen molar-refractivity contribution in [1.29, 1.82) is 0 Å². The van der Waals surface area contributed by atoms with E-state index in [4.69, 9.17) is 0 Å². The molecule has 2 amide bonds. The van der Waals surface area contributed by atoms with E-state index in [9.17, 15) is 9.59 Å². The number of hydrogen-bond acceptors (Lipinski definition) is 3. The van der Waals surface area contributed by atoms with Gasteiger partial charge in [0.2, 0.25) is 0 Å². The van der Waals surface area contributed by atoms with Crippen LogP contribution in [-0.2, 0) is 0 Å². The monoisotopic (exact) mass is 329 g/mol. The zero-order valence-electron chi connectivity index (χ0n) is 14.7. The van der Waals surface area contributed by atoms with Crippen LogP contribution in [0.1, 0.15) is 73.2 Å². The number of hydrogen-bond donors (Lipinski definition) is 0. The van der Waals surface area contributed by atoms with Gasteiger partial charge in [-0.1, -0.05) is 0 Å². The molecule has 2 aliphatic rings. The summed E-state index contributed by atoms with van der Waals surface area (Å²) < 4.78 is 0. The maximum Gasteiger partial charge on any atom is 0.272 e. The number of piperidine rings is 2. The lowest BCUT2D eigenvalue weighted by Crippen LogP contribution is -2.43. The summed E-state index contributed by atoms with van der Waals surface area (Å²) >= 11 is 0. The molecule has 0 spiro atoms. The van der Waals surface area contributed by atoms with Gasteiger partial charge in [-0.25, -0.2) is 0 Å². The number of pyridine rings is 1. The number of aromatic nitrogens is 1. The highest BCUT2D eigenvalue weighted by Gasteiger charge is 2.27. The number of carbonyl (C=O) groups excluding carboxylic acids is 2. The van der Waals surface area contributed by atoms with Gasteiger partial charge in [0.15, 0.2) is 0 Å². The van der Waals surface area contributed by atoms with E-state index >= 15 is 0 Å². The molecule has 0 saturated carbocycles. The van der Waals surface area contributed by atoms with Crippen molar-refractivity contribution in [3.8, 4) is 0 Å². The molecular formula is C19H27N3O2. The Labute approximate surface area is 144 Å². The fraction of sp³-hybridized carbons (Fsp3) is 0.632. The molecule has 1 aromatic heterocycles. The van der Waals surface area contributed by atoms with Crippen molar-refractivity contribution in [3.63, 3.8) is 0 Å². The molecule has 130 valence electrons. The van der Waals surface area contributed by atoms with Gasteiger partial charge >= 0.3 is 0 Å². The Balaban J connectivity index is 1.70. The summed E-state index contributed by atoms with van der Waals surface area (Å²) in [5.74, 6) is 0.00702. The van der Waals surface area contributed by atoms with Crippen molar-refractivity contribution < 1.29 is 9.59 Å². The summed E-state index contributed by atoms with van der Waals surface area (Å²) in [5, 5.41) is 0. The molecular weight excluding hydrogens is 302 g/mol. The molecule has 0 radical (unpaired) electrons. The van der Waals surface area contributed by atoms with E-state index in [1.807, 2.05) is 9.80 Å². The van der Waals surface area contributed by atoms with Crippen molar-refractivity contribution in [1.82, 2.24) is 14.8 Å². The quantitative estimate of drug-likeness (QED) is 0.838. The maximum absolute atomic E-state index is 12.6. The molecule has 2 fully saturated rings. The fourth-order valence-electron chi connectivity index (χ4n) is 3.76. The number of carbonyl (C=O) groups is 2. The predicted molar refractivity (Wildman–Crippen MR) is 92.9 cm³/mol.